The Morgan fingerprint density at radius 2 is 2.12 bits per heavy atom. The maximum absolute atomic E-state index is 11.8. The molecule has 2 aromatic heterocycles. The molecule has 3 rings (SSSR count). The largest absolute Gasteiger partial charge is 0.398 e. The first-order chi connectivity index (χ1) is 12.1. The number of benzene rings is 1. The highest BCUT2D eigenvalue weighted by atomic mass is 35.5. The number of carbonyl (C=O) groups excluding carboxylic acids is 1. The van der Waals surface area contributed by atoms with Crippen molar-refractivity contribution in [1.29, 1.82) is 0 Å². The lowest BCUT2D eigenvalue weighted by Crippen LogP contribution is -2.06. The molecule has 0 radical (unpaired) electrons. The number of thiazole rings is 1. The Balaban J connectivity index is 2.08. The zero-order valence-corrected chi connectivity index (χ0v) is 15.1. The molecule has 0 saturated carbocycles. The van der Waals surface area contributed by atoms with Gasteiger partial charge in [0.15, 0.2) is 0 Å². The standard InChI is InChI=1S/C18H16ClN3O2S/c1-2-4-15(23)24-18-22-16(11-5-3-6-13(19)9-11)17(25-18)12-7-8-21-14(20)10-12/h3,5-10H,2,4H2,1H3,(H2,20,21). The maximum atomic E-state index is 11.8. The summed E-state index contributed by atoms with van der Waals surface area (Å²) in [7, 11) is 0. The summed E-state index contributed by atoms with van der Waals surface area (Å²) in [5.41, 5.74) is 8.19. The van der Waals surface area contributed by atoms with Crippen LogP contribution in [0.5, 0.6) is 5.19 Å². The van der Waals surface area contributed by atoms with Gasteiger partial charge >= 0.3 is 5.97 Å². The quantitative estimate of drug-likeness (QED) is 0.649. The van der Waals surface area contributed by atoms with Crippen LogP contribution in [-0.2, 0) is 4.79 Å². The number of nitrogens with zero attached hydrogens (tertiary/aromatic N) is 2. The molecule has 2 N–H and O–H groups in total. The molecular weight excluding hydrogens is 358 g/mol. The molecular formula is C18H16ClN3O2S. The summed E-state index contributed by atoms with van der Waals surface area (Å²) in [6.07, 6.45) is 2.71. The SMILES string of the molecule is CCCC(=O)Oc1nc(-c2cccc(Cl)c2)c(-c2ccnc(N)c2)s1. The second kappa shape index (κ2) is 7.63. The fraction of sp³-hybridized carbons (Fsp3) is 0.167. The number of carbonyl (C=O) groups is 1. The molecule has 25 heavy (non-hydrogen) atoms. The molecule has 0 saturated heterocycles. The molecule has 0 atom stereocenters. The van der Waals surface area contributed by atoms with Gasteiger partial charge in [0, 0.05) is 23.2 Å². The van der Waals surface area contributed by atoms with E-state index in [0.717, 1.165) is 22.4 Å². The first-order valence-electron chi connectivity index (χ1n) is 7.76. The number of ether oxygens (including phenoxy) is 1. The molecule has 0 unspecified atom stereocenters. The fourth-order valence-electron chi connectivity index (χ4n) is 2.31. The van der Waals surface area contributed by atoms with Crippen LogP contribution in [-0.4, -0.2) is 15.9 Å². The number of halogens is 1. The molecule has 0 fully saturated rings. The van der Waals surface area contributed by atoms with Gasteiger partial charge in [0.1, 0.15) is 5.82 Å². The molecule has 0 bridgehead atoms. The molecule has 128 valence electrons. The Hall–Kier alpha value is -2.44. The molecule has 0 aliphatic heterocycles. The van der Waals surface area contributed by atoms with Crippen molar-refractivity contribution in [2.24, 2.45) is 0 Å². The predicted molar refractivity (Wildman–Crippen MR) is 101 cm³/mol. The molecule has 3 aromatic rings. The van der Waals surface area contributed by atoms with Gasteiger partial charge in [-0.25, -0.2) is 9.97 Å². The zero-order valence-electron chi connectivity index (χ0n) is 13.5. The van der Waals surface area contributed by atoms with Gasteiger partial charge in [-0.15, -0.1) is 0 Å². The number of nitrogen functional groups attached to an aromatic ring is 1. The minimum Gasteiger partial charge on any atom is -0.398 e. The highest BCUT2D eigenvalue weighted by Gasteiger charge is 2.18. The number of anilines is 1. The number of hydrogen-bond donors (Lipinski definition) is 1. The van der Waals surface area contributed by atoms with Crippen LogP contribution in [0.1, 0.15) is 19.8 Å². The van der Waals surface area contributed by atoms with Crippen LogP contribution in [0.4, 0.5) is 5.82 Å². The van der Waals surface area contributed by atoms with E-state index in [0.29, 0.717) is 28.1 Å². The number of rotatable bonds is 5. The van der Waals surface area contributed by atoms with Crippen LogP contribution >= 0.6 is 22.9 Å². The summed E-state index contributed by atoms with van der Waals surface area (Å²) in [4.78, 5) is 21.2. The first-order valence-corrected chi connectivity index (χ1v) is 8.95. The number of pyridine rings is 1. The third kappa shape index (κ3) is 4.15. The van der Waals surface area contributed by atoms with E-state index in [1.165, 1.54) is 11.3 Å². The highest BCUT2D eigenvalue weighted by molar-refractivity contribution is 7.17. The minimum absolute atomic E-state index is 0.297. The third-order valence-electron chi connectivity index (χ3n) is 3.40. The number of esters is 1. The summed E-state index contributed by atoms with van der Waals surface area (Å²) in [6.45, 7) is 1.92. The van der Waals surface area contributed by atoms with Gasteiger partial charge in [0.2, 0.25) is 0 Å². The first kappa shape index (κ1) is 17.4. The van der Waals surface area contributed by atoms with E-state index in [2.05, 4.69) is 9.97 Å². The van der Waals surface area contributed by atoms with Gasteiger partial charge in [-0.3, -0.25) is 4.79 Å². The van der Waals surface area contributed by atoms with Crippen molar-refractivity contribution in [2.75, 3.05) is 5.73 Å². The second-order valence-corrected chi connectivity index (χ2v) is 6.76. The Kier molecular flexibility index (Phi) is 5.31. The van der Waals surface area contributed by atoms with Gasteiger partial charge in [0.25, 0.3) is 5.19 Å². The Morgan fingerprint density at radius 3 is 2.84 bits per heavy atom. The van der Waals surface area contributed by atoms with Gasteiger partial charge < -0.3 is 10.5 Å². The smallest absolute Gasteiger partial charge is 0.313 e. The lowest BCUT2D eigenvalue weighted by Gasteiger charge is -2.03. The van der Waals surface area contributed by atoms with Crippen LogP contribution in [0.15, 0.2) is 42.6 Å². The summed E-state index contributed by atoms with van der Waals surface area (Å²) >= 11 is 7.41. The van der Waals surface area contributed by atoms with Crippen LogP contribution in [0.25, 0.3) is 21.7 Å². The lowest BCUT2D eigenvalue weighted by molar-refractivity contribution is -0.134. The van der Waals surface area contributed by atoms with Crippen molar-refractivity contribution in [1.82, 2.24) is 9.97 Å². The van der Waals surface area contributed by atoms with Gasteiger partial charge in [-0.05, 0) is 36.2 Å². The van der Waals surface area contributed by atoms with E-state index in [9.17, 15) is 4.79 Å². The molecule has 5 nitrogen and oxygen atoms in total. The van der Waals surface area contributed by atoms with Crippen molar-refractivity contribution in [3.8, 4) is 26.9 Å². The Bertz CT molecular complexity index is 848. The topological polar surface area (TPSA) is 78.1 Å². The van der Waals surface area contributed by atoms with Crippen LogP contribution in [0, 0.1) is 0 Å². The number of aromatic nitrogens is 2. The van der Waals surface area contributed by atoms with Crippen molar-refractivity contribution in [2.45, 2.75) is 19.8 Å². The van der Waals surface area contributed by atoms with Gasteiger partial charge in [-0.1, -0.05) is 42.0 Å². The van der Waals surface area contributed by atoms with Gasteiger partial charge in [0.05, 0.1) is 10.6 Å². The van der Waals surface area contributed by atoms with E-state index in [-0.39, 0.29) is 5.97 Å². The number of nitrogens with two attached hydrogens (primary N) is 1. The molecule has 0 aliphatic carbocycles. The zero-order chi connectivity index (χ0) is 17.8. The molecule has 1 aromatic carbocycles. The summed E-state index contributed by atoms with van der Waals surface area (Å²) in [5, 5.41) is 0.911. The van der Waals surface area contributed by atoms with Crippen LogP contribution in [0.3, 0.4) is 0 Å². The fourth-order valence-corrected chi connectivity index (χ4v) is 3.45. The predicted octanol–water partition coefficient (Wildman–Crippen LogP) is 4.81. The van der Waals surface area contributed by atoms with E-state index in [4.69, 9.17) is 22.1 Å². The lowest BCUT2D eigenvalue weighted by atomic mass is 10.1. The van der Waals surface area contributed by atoms with Gasteiger partial charge in [-0.2, -0.15) is 0 Å². The van der Waals surface area contributed by atoms with Crippen molar-refractivity contribution >= 4 is 34.7 Å². The van der Waals surface area contributed by atoms with Crippen molar-refractivity contribution in [3.05, 3.63) is 47.6 Å². The van der Waals surface area contributed by atoms with E-state index < -0.39 is 0 Å². The average molecular weight is 374 g/mol. The normalized spacial score (nSPS) is 10.6. The van der Waals surface area contributed by atoms with Crippen LogP contribution < -0.4 is 10.5 Å². The van der Waals surface area contributed by atoms with E-state index in [1.54, 1.807) is 18.3 Å². The van der Waals surface area contributed by atoms with E-state index >= 15 is 0 Å². The molecule has 2 heterocycles. The van der Waals surface area contributed by atoms with E-state index in [1.807, 2.05) is 31.2 Å². The summed E-state index contributed by atoms with van der Waals surface area (Å²) in [5.74, 6) is 0.113. The Morgan fingerprint density at radius 1 is 1.28 bits per heavy atom. The monoisotopic (exact) mass is 373 g/mol. The molecule has 7 heteroatoms. The average Bonchev–Trinajstić information content (AvgIpc) is 2.99. The second-order valence-electron chi connectivity index (χ2n) is 5.36. The number of hydrogen-bond acceptors (Lipinski definition) is 6. The highest BCUT2D eigenvalue weighted by Crippen LogP contribution is 2.40. The maximum Gasteiger partial charge on any atom is 0.313 e. The molecule has 0 amide bonds. The van der Waals surface area contributed by atoms with Crippen LogP contribution in [0.2, 0.25) is 5.02 Å². The minimum atomic E-state index is -0.297. The third-order valence-corrected chi connectivity index (χ3v) is 4.62. The summed E-state index contributed by atoms with van der Waals surface area (Å²) < 4.78 is 5.37. The van der Waals surface area contributed by atoms with Crippen molar-refractivity contribution in [3.63, 3.8) is 0 Å². The summed E-state index contributed by atoms with van der Waals surface area (Å²) in [6, 6.07) is 11.0. The molecule has 0 aliphatic rings. The Labute approximate surface area is 154 Å². The van der Waals surface area contributed by atoms with Crippen molar-refractivity contribution < 1.29 is 9.53 Å². The molecule has 0 spiro atoms.